The Morgan fingerprint density at radius 1 is 0.978 bits per heavy atom. The number of benzene rings is 3. The molecule has 246 valence electrons. The Hall–Kier alpha value is -3.31. The van der Waals surface area contributed by atoms with Gasteiger partial charge in [-0.3, -0.25) is 4.79 Å². The van der Waals surface area contributed by atoms with Crippen molar-refractivity contribution in [3.63, 3.8) is 0 Å². The molecule has 0 bridgehead atoms. The third-order valence-electron chi connectivity index (χ3n) is 8.72. The van der Waals surface area contributed by atoms with Gasteiger partial charge in [0.1, 0.15) is 5.60 Å². The first-order valence-electron chi connectivity index (χ1n) is 15.4. The van der Waals surface area contributed by atoms with Gasteiger partial charge in [-0.05, 0) is 67.3 Å². The van der Waals surface area contributed by atoms with E-state index in [-0.39, 0.29) is 37.3 Å². The van der Waals surface area contributed by atoms with Gasteiger partial charge in [0, 0.05) is 50.0 Å². The quantitative estimate of drug-likeness (QED) is 0.262. The van der Waals surface area contributed by atoms with Crippen LogP contribution in [0.2, 0.25) is 10.0 Å². The highest BCUT2D eigenvalue weighted by atomic mass is 35.5. The number of piperidine rings is 1. The Morgan fingerprint density at radius 2 is 1.72 bits per heavy atom. The molecule has 2 aliphatic rings. The number of carbonyl (C=O) groups is 2. The molecule has 2 fully saturated rings. The third kappa shape index (κ3) is 7.97. The lowest BCUT2D eigenvalue weighted by atomic mass is 9.87. The zero-order chi connectivity index (χ0) is 32.9. The van der Waals surface area contributed by atoms with Gasteiger partial charge in [-0.2, -0.15) is 13.2 Å². The average Bonchev–Trinajstić information content (AvgIpc) is 3.06. The number of alkyl halides is 3. The fourth-order valence-corrected chi connectivity index (χ4v) is 6.54. The smallest absolute Gasteiger partial charge is 0.367 e. The number of halogens is 5. The molecule has 46 heavy (non-hydrogen) atoms. The molecular weight excluding hydrogens is 640 g/mol. The largest absolute Gasteiger partial charge is 0.416 e. The summed E-state index contributed by atoms with van der Waals surface area (Å²) in [5, 5.41) is 3.37. The molecule has 2 aliphatic heterocycles. The molecule has 1 N–H and O–H groups in total. The van der Waals surface area contributed by atoms with Crippen molar-refractivity contribution < 1.29 is 27.5 Å². The van der Waals surface area contributed by atoms with Gasteiger partial charge in [0.25, 0.3) is 0 Å². The van der Waals surface area contributed by atoms with Crippen LogP contribution in [0.15, 0.2) is 72.8 Å². The summed E-state index contributed by atoms with van der Waals surface area (Å²) in [6.45, 7) is 4.75. The highest BCUT2D eigenvalue weighted by Crippen LogP contribution is 2.38. The maximum Gasteiger partial charge on any atom is 0.416 e. The van der Waals surface area contributed by atoms with Crippen molar-refractivity contribution in [3.05, 3.63) is 94.0 Å². The van der Waals surface area contributed by atoms with E-state index in [9.17, 15) is 22.8 Å². The van der Waals surface area contributed by atoms with Gasteiger partial charge in [0.05, 0.1) is 28.8 Å². The number of morpholine rings is 1. The van der Waals surface area contributed by atoms with Crippen LogP contribution < -0.4 is 10.2 Å². The number of hydrogen-bond donors (Lipinski definition) is 1. The second kappa shape index (κ2) is 14.6. The third-order valence-corrected chi connectivity index (χ3v) is 9.46. The van der Waals surface area contributed by atoms with Crippen LogP contribution in [0, 0.1) is 0 Å². The number of nitrogens with zero attached hydrogens (tertiary/aromatic N) is 3. The first-order valence-corrected chi connectivity index (χ1v) is 16.2. The van der Waals surface area contributed by atoms with E-state index in [1.54, 1.807) is 17.0 Å². The molecule has 12 heteroatoms. The Bertz CT molecular complexity index is 1520. The number of urea groups is 1. The number of carbonyl (C=O) groups excluding carboxylic acids is 2. The van der Waals surface area contributed by atoms with E-state index in [4.69, 9.17) is 27.9 Å². The highest BCUT2D eigenvalue weighted by molar-refractivity contribution is 6.42. The Labute approximate surface area is 277 Å². The number of nitrogens with one attached hydrogen (secondary N) is 1. The summed E-state index contributed by atoms with van der Waals surface area (Å²) in [6, 6.07) is 19.2. The molecule has 0 radical (unpaired) electrons. The maximum atomic E-state index is 13.4. The Kier molecular flexibility index (Phi) is 10.8. The van der Waals surface area contributed by atoms with Crippen LogP contribution in [0.25, 0.3) is 0 Å². The van der Waals surface area contributed by atoms with Crippen LogP contribution >= 0.6 is 23.2 Å². The summed E-state index contributed by atoms with van der Waals surface area (Å²) in [5.74, 6) is 0.0994. The summed E-state index contributed by atoms with van der Waals surface area (Å²) < 4.78 is 46.2. The van der Waals surface area contributed by atoms with Crippen LogP contribution in [0.3, 0.4) is 0 Å². The lowest BCUT2D eigenvalue weighted by Crippen LogP contribution is -2.54. The van der Waals surface area contributed by atoms with Crippen molar-refractivity contribution in [1.82, 2.24) is 9.80 Å². The molecule has 5 rings (SSSR count). The van der Waals surface area contributed by atoms with Crippen LogP contribution in [0.4, 0.5) is 29.3 Å². The summed E-state index contributed by atoms with van der Waals surface area (Å²) in [5.41, 5.74) is -0.0434. The fourth-order valence-electron chi connectivity index (χ4n) is 6.24. The van der Waals surface area contributed by atoms with Crippen LogP contribution in [0.1, 0.15) is 43.7 Å². The lowest BCUT2D eigenvalue weighted by Gasteiger charge is -2.45. The normalized spacial score (nSPS) is 19.6. The summed E-state index contributed by atoms with van der Waals surface area (Å²) >= 11 is 12.7. The monoisotopic (exact) mass is 676 g/mol. The lowest BCUT2D eigenvalue weighted by molar-refractivity contribution is -0.137. The molecule has 2 saturated heterocycles. The SMILES string of the molecule is CCC(=O)N(c1ccccc1)C1CCN(CCC2(c3ccc(Cl)c(Cl)c3)CN(C(=O)Nc3cccc(C(F)(F)F)c3)CCO2)CC1. The van der Waals surface area contributed by atoms with Gasteiger partial charge in [-0.1, -0.05) is 60.5 Å². The van der Waals surface area contributed by atoms with E-state index >= 15 is 0 Å². The molecule has 3 amide bonds. The second-order valence-electron chi connectivity index (χ2n) is 11.7. The second-order valence-corrected chi connectivity index (χ2v) is 12.5. The Balaban J connectivity index is 1.29. The van der Waals surface area contributed by atoms with Crippen LogP contribution in [-0.4, -0.2) is 67.1 Å². The predicted octanol–water partition coefficient (Wildman–Crippen LogP) is 8.07. The number of anilines is 2. The number of hydrogen-bond acceptors (Lipinski definition) is 4. The fraction of sp³-hybridized carbons (Fsp3) is 0.412. The van der Waals surface area contributed by atoms with E-state index in [1.165, 1.54) is 12.1 Å². The van der Waals surface area contributed by atoms with Crippen molar-refractivity contribution in [1.29, 1.82) is 0 Å². The zero-order valence-electron chi connectivity index (χ0n) is 25.5. The zero-order valence-corrected chi connectivity index (χ0v) is 27.0. The van der Waals surface area contributed by atoms with Gasteiger partial charge in [0.15, 0.2) is 0 Å². The summed E-state index contributed by atoms with van der Waals surface area (Å²) in [4.78, 5) is 32.1. The molecule has 2 heterocycles. The number of likely N-dealkylation sites (tertiary alicyclic amines) is 1. The number of rotatable bonds is 8. The molecule has 0 aliphatic carbocycles. The number of para-hydroxylation sites is 1. The summed E-state index contributed by atoms with van der Waals surface area (Å²) in [6.07, 6.45) is -1.95. The molecule has 0 aromatic heterocycles. The molecular formula is C34H37Cl2F3N4O3. The molecule has 0 saturated carbocycles. The number of ether oxygens (including phenoxy) is 1. The maximum absolute atomic E-state index is 13.4. The van der Waals surface area contributed by atoms with E-state index in [2.05, 4.69) is 10.2 Å². The van der Waals surface area contributed by atoms with E-state index in [1.807, 2.05) is 48.2 Å². The van der Waals surface area contributed by atoms with Crippen molar-refractivity contribution >= 4 is 46.5 Å². The molecule has 3 aromatic rings. The van der Waals surface area contributed by atoms with Gasteiger partial charge in [-0.15, -0.1) is 0 Å². The van der Waals surface area contributed by atoms with E-state index in [0.29, 0.717) is 29.4 Å². The standard InChI is InChI=1S/C34H37Cl2F3N4O3/c1-2-31(44)43(27-9-4-3-5-10-27)28-13-16-41(17-14-28)18-15-33(24-11-12-29(35)30(36)22-24)23-42(19-20-46-33)32(45)40-26-8-6-7-25(21-26)34(37,38)39/h3-12,21-22,28H,2,13-20,23H2,1H3,(H,40,45). The van der Waals surface area contributed by atoms with E-state index in [0.717, 1.165) is 49.3 Å². The van der Waals surface area contributed by atoms with Crippen molar-refractivity contribution in [2.75, 3.05) is 49.5 Å². The van der Waals surface area contributed by atoms with Crippen molar-refractivity contribution in [2.24, 2.45) is 0 Å². The van der Waals surface area contributed by atoms with Gasteiger partial charge in [-0.25, -0.2) is 4.79 Å². The minimum atomic E-state index is -4.53. The number of amides is 3. The van der Waals surface area contributed by atoms with Gasteiger partial charge in [0.2, 0.25) is 5.91 Å². The molecule has 7 nitrogen and oxygen atoms in total. The molecule has 3 aromatic carbocycles. The highest BCUT2D eigenvalue weighted by Gasteiger charge is 2.41. The van der Waals surface area contributed by atoms with Crippen molar-refractivity contribution in [3.8, 4) is 0 Å². The minimum Gasteiger partial charge on any atom is -0.367 e. The molecule has 1 unspecified atom stereocenters. The average molecular weight is 678 g/mol. The summed E-state index contributed by atoms with van der Waals surface area (Å²) in [7, 11) is 0. The minimum absolute atomic E-state index is 0.0560. The van der Waals surface area contributed by atoms with Crippen molar-refractivity contribution in [2.45, 2.75) is 50.4 Å². The van der Waals surface area contributed by atoms with Gasteiger partial charge < -0.3 is 24.8 Å². The van der Waals surface area contributed by atoms with Crippen LogP contribution in [-0.2, 0) is 21.3 Å². The predicted molar refractivity (Wildman–Crippen MR) is 174 cm³/mol. The van der Waals surface area contributed by atoms with E-state index < -0.39 is 23.4 Å². The first-order chi connectivity index (χ1) is 22.0. The first kappa shape index (κ1) is 34.0. The van der Waals surface area contributed by atoms with Gasteiger partial charge >= 0.3 is 12.2 Å². The molecule has 0 spiro atoms. The molecule has 1 atom stereocenters. The topological polar surface area (TPSA) is 65.1 Å². The van der Waals surface area contributed by atoms with Crippen LogP contribution in [0.5, 0.6) is 0 Å². The Morgan fingerprint density at radius 3 is 2.39 bits per heavy atom.